The number of nitro benzene ring substituents is 1. The summed E-state index contributed by atoms with van der Waals surface area (Å²) in [6, 6.07) is 4.35. The fraction of sp³-hybridized carbons (Fsp3) is 0.455. The molecule has 17 heavy (non-hydrogen) atoms. The first-order valence-corrected chi connectivity index (χ1v) is 5.26. The van der Waals surface area contributed by atoms with E-state index in [1.54, 1.807) is 6.07 Å². The molecule has 0 saturated carbocycles. The third-order valence-corrected chi connectivity index (χ3v) is 2.71. The molecule has 1 aliphatic heterocycles. The van der Waals surface area contributed by atoms with Gasteiger partial charge in [0, 0.05) is 19.2 Å². The van der Waals surface area contributed by atoms with E-state index >= 15 is 0 Å². The lowest BCUT2D eigenvalue weighted by Gasteiger charge is -2.39. The molecule has 1 aromatic rings. The zero-order chi connectivity index (χ0) is 12.5. The van der Waals surface area contributed by atoms with Crippen molar-refractivity contribution in [1.82, 2.24) is 5.32 Å². The molecule has 0 bridgehead atoms. The molecule has 0 spiro atoms. The summed E-state index contributed by atoms with van der Waals surface area (Å²) < 4.78 is 10.9. The minimum atomic E-state index is -0.459. The number of hydrogen-bond acceptors (Lipinski definition) is 5. The predicted octanol–water partition coefficient (Wildman–Crippen LogP) is 1.34. The zero-order valence-electron chi connectivity index (χ0n) is 9.73. The second kappa shape index (κ2) is 4.21. The SMILES string of the molecule is COc1cc([N+](=O)[O-])ccc1OC1(C)CNC1. The number of benzene rings is 1. The van der Waals surface area contributed by atoms with Crippen LogP contribution >= 0.6 is 0 Å². The van der Waals surface area contributed by atoms with Crippen molar-refractivity contribution < 1.29 is 14.4 Å². The van der Waals surface area contributed by atoms with Gasteiger partial charge in [0.15, 0.2) is 11.5 Å². The highest BCUT2D eigenvalue weighted by Gasteiger charge is 2.34. The van der Waals surface area contributed by atoms with Gasteiger partial charge in [0.25, 0.3) is 5.69 Å². The molecule has 1 aromatic carbocycles. The van der Waals surface area contributed by atoms with Gasteiger partial charge in [-0.15, -0.1) is 0 Å². The zero-order valence-corrected chi connectivity index (χ0v) is 9.73. The van der Waals surface area contributed by atoms with Crippen molar-refractivity contribution in [2.24, 2.45) is 0 Å². The Bertz CT molecular complexity index is 443. The summed E-state index contributed by atoms with van der Waals surface area (Å²) >= 11 is 0. The van der Waals surface area contributed by atoms with Crippen molar-refractivity contribution in [3.8, 4) is 11.5 Å². The molecule has 2 rings (SSSR count). The summed E-state index contributed by atoms with van der Waals surface area (Å²) in [5.74, 6) is 0.912. The van der Waals surface area contributed by atoms with Crippen LogP contribution in [0.5, 0.6) is 11.5 Å². The fourth-order valence-electron chi connectivity index (χ4n) is 1.67. The van der Waals surface area contributed by atoms with Crippen LogP contribution in [0.4, 0.5) is 5.69 Å². The monoisotopic (exact) mass is 238 g/mol. The second-order valence-corrected chi connectivity index (χ2v) is 4.25. The molecule has 1 heterocycles. The van der Waals surface area contributed by atoms with E-state index in [4.69, 9.17) is 9.47 Å². The Hall–Kier alpha value is -1.82. The number of ether oxygens (including phenoxy) is 2. The average molecular weight is 238 g/mol. The first kappa shape index (κ1) is 11.7. The summed E-state index contributed by atoms with van der Waals surface area (Å²) in [4.78, 5) is 10.2. The van der Waals surface area contributed by atoms with Gasteiger partial charge in [0.2, 0.25) is 0 Å². The van der Waals surface area contributed by atoms with E-state index in [2.05, 4.69) is 5.32 Å². The molecule has 0 atom stereocenters. The Balaban J connectivity index is 2.24. The van der Waals surface area contributed by atoms with E-state index in [1.165, 1.54) is 19.2 Å². The van der Waals surface area contributed by atoms with Crippen LogP contribution in [0.15, 0.2) is 18.2 Å². The molecule has 6 nitrogen and oxygen atoms in total. The van der Waals surface area contributed by atoms with Crippen LogP contribution in [0.1, 0.15) is 6.92 Å². The average Bonchev–Trinajstić information content (AvgIpc) is 2.27. The van der Waals surface area contributed by atoms with Gasteiger partial charge in [-0.25, -0.2) is 0 Å². The summed E-state index contributed by atoms with van der Waals surface area (Å²) in [5, 5.41) is 13.7. The summed E-state index contributed by atoms with van der Waals surface area (Å²) in [6.45, 7) is 3.49. The molecule has 1 saturated heterocycles. The summed E-state index contributed by atoms with van der Waals surface area (Å²) in [7, 11) is 1.47. The minimum absolute atomic E-state index is 0.00825. The van der Waals surface area contributed by atoms with Crippen molar-refractivity contribution in [1.29, 1.82) is 0 Å². The first-order valence-electron chi connectivity index (χ1n) is 5.26. The largest absolute Gasteiger partial charge is 0.493 e. The molecule has 1 N–H and O–H groups in total. The predicted molar refractivity (Wildman–Crippen MR) is 61.6 cm³/mol. The van der Waals surface area contributed by atoms with E-state index < -0.39 is 4.92 Å². The first-order chi connectivity index (χ1) is 8.04. The lowest BCUT2D eigenvalue weighted by atomic mass is 10.00. The summed E-state index contributed by atoms with van der Waals surface area (Å²) in [5.41, 5.74) is -0.269. The Morgan fingerprint density at radius 2 is 2.12 bits per heavy atom. The van der Waals surface area contributed by atoms with Crippen molar-refractivity contribution in [3.63, 3.8) is 0 Å². The number of nitro groups is 1. The van der Waals surface area contributed by atoms with Crippen LogP contribution < -0.4 is 14.8 Å². The lowest BCUT2D eigenvalue weighted by molar-refractivity contribution is -0.385. The molecular weight excluding hydrogens is 224 g/mol. The Morgan fingerprint density at radius 3 is 2.59 bits per heavy atom. The van der Waals surface area contributed by atoms with Crippen LogP contribution in [0.2, 0.25) is 0 Å². The van der Waals surface area contributed by atoms with Gasteiger partial charge >= 0.3 is 0 Å². The van der Waals surface area contributed by atoms with Crippen molar-refractivity contribution in [3.05, 3.63) is 28.3 Å². The topological polar surface area (TPSA) is 73.6 Å². The van der Waals surface area contributed by atoms with E-state index in [1.807, 2.05) is 6.92 Å². The maximum Gasteiger partial charge on any atom is 0.273 e. The van der Waals surface area contributed by atoms with Crippen LogP contribution in [0.3, 0.4) is 0 Å². The van der Waals surface area contributed by atoms with Crippen LogP contribution in [-0.4, -0.2) is 30.7 Å². The highest BCUT2D eigenvalue weighted by molar-refractivity contribution is 5.48. The Labute approximate surface area is 98.7 Å². The number of nitrogens with one attached hydrogen (secondary N) is 1. The van der Waals surface area contributed by atoms with E-state index in [0.717, 1.165) is 13.1 Å². The van der Waals surface area contributed by atoms with Gasteiger partial charge in [-0.1, -0.05) is 0 Å². The second-order valence-electron chi connectivity index (χ2n) is 4.25. The normalized spacial score (nSPS) is 17.1. The third kappa shape index (κ3) is 2.31. The van der Waals surface area contributed by atoms with Crippen LogP contribution in [0.25, 0.3) is 0 Å². The molecule has 6 heteroatoms. The third-order valence-electron chi connectivity index (χ3n) is 2.71. The van der Waals surface area contributed by atoms with Gasteiger partial charge in [0.1, 0.15) is 5.60 Å². The van der Waals surface area contributed by atoms with Gasteiger partial charge in [0.05, 0.1) is 18.1 Å². The van der Waals surface area contributed by atoms with Gasteiger partial charge < -0.3 is 14.8 Å². The molecule has 0 aromatic heterocycles. The number of methoxy groups -OCH3 is 1. The molecule has 1 fully saturated rings. The van der Waals surface area contributed by atoms with Gasteiger partial charge in [-0.2, -0.15) is 0 Å². The summed E-state index contributed by atoms with van der Waals surface area (Å²) in [6.07, 6.45) is 0. The minimum Gasteiger partial charge on any atom is -0.493 e. The fourth-order valence-corrected chi connectivity index (χ4v) is 1.67. The quantitative estimate of drug-likeness (QED) is 0.633. The van der Waals surface area contributed by atoms with Gasteiger partial charge in [-0.3, -0.25) is 10.1 Å². The molecular formula is C11H14N2O4. The Kier molecular flexibility index (Phi) is 2.89. The highest BCUT2D eigenvalue weighted by atomic mass is 16.6. The number of non-ortho nitro benzene ring substituents is 1. The molecule has 0 radical (unpaired) electrons. The maximum atomic E-state index is 10.6. The molecule has 1 aliphatic rings. The molecule has 0 amide bonds. The Morgan fingerprint density at radius 1 is 1.41 bits per heavy atom. The van der Waals surface area contributed by atoms with Gasteiger partial charge in [-0.05, 0) is 13.0 Å². The highest BCUT2D eigenvalue weighted by Crippen LogP contribution is 2.34. The van der Waals surface area contributed by atoms with E-state index in [-0.39, 0.29) is 11.3 Å². The molecule has 0 unspecified atom stereocenters. The lowest BCUT2D eigenvalue weighted by Crippen LogP contribution is -2.61. The van der Waals surface area contributed by atoms with Crippen molar-refractivity contribution in [2.75, 3.05) is 20.2 Å². The van der Waals surface area contributed by atoms with E-state index in [0.29, 0.717) is 11.5 Å². The van der Waals surface area contributed by atoms with Crippen LogP contribution in [-0.2, 0) is 0 Å². The number of rotatable bonds is 4. The van der Waals surface area contributed by atoms with Crippen molar-refractivity contribution >= 4 is 5.69 Å². The van der Waals surface area contributed by atoms with E-state index in [9.17, 15) is 10.1 Å². The standard InChI is InChI=1S/C11H14N2O4/c1-11(6-12-7-11)17-9-4-3-8(13(14)15)5-10(9)16-2/h3-5,12H,6-7H2,1-2H3. The number of hydrogen-bond donors (Lipinski definition) is 1. The van der Waals surface area contributed by atoms with Crippen molar-refractivity contribution in [2.45, 2.75) is 12.5 Å². The molecule has 92 valence electrons. The maximum absolute atomic E-state index is 10.6. The smallest absolute Gasteiger partial charge is 0.273 e. The number of nitrogens with zero attached hydrogens (tertiary/aromatic N) is 1. The molecule has 0 aliphatic carbocycles. The van der Waals surface area contributed by atoms with Crippen LogP contribution in [0, 0.1) is 10.1 Å².